The van der Waals surface area contributed by atoms with Crippen molar-refractivity contribution >= 4 is 21.8 Å². The lowest BCUT2D eigenvalue weighted by atomic mass is 9.94. The molecule has 6 aromatic carbocycles. The first-order valence-electron chi connectivity index (χ1n) is 12.7. The number of rotatable bonds is 1. The summed E-state index contributed by atoms with van der Waals surface area (Å²) in [5, 5.41) is 2.57. The molecule has 2 heterocycles. The fourth-order valence-corrected chi connectivity index (χ4v) is 6.61. The highest BCUT2D eigenvalue weighted by atomic mass is 15.1. The Hall–Kier alpha value is -4.95. The van der Waals surface area contributed by atoms with Crippen LogP contribution in [-0.4, -0.2) is 9.55 Å². The Kier molecular flexibility index (Phi) is 3.56. The summed E-state index contributed by atoms with van der Waals surface area (Å²) >= 11 is 0. The van der Waals surface area contributed by atoms with E-state index in [0.717, 1.165) is 16.9 Å². The molecule has 0 bridgehead atoms. The van der Waals surface area contributed by atoms with Crippen LogP contribution in [0.4, 0.5) is 0 Å². The fraction of sp³-hybridized carbons (Fsp3) is 0. The van der Waals surface area contributed by atoms with E-state index in [1.54, 1.807) is 0 Å². The first-order valence-corrected chi connectivity index (χ1v) is 12.7. The van der Waals surface area contributed by atoms with Gasteiger partial charge in [0.15, 0.2) is 0 Å². The van der Waals surface area contributed by atoms with Gasteiger partial charge in [-0.3, -0.25) is 4.57 Å². The molecule has 0 spiro atoms. The number of nitrogens with zero attached hydrogens (tertiary/aromatic N) is 2. The lowest BCUT2D eigenvalue weighted by Gasteiger charge is -2.15. The summed E-state index contributed by atoms with van der Waals surface area (Å²) < 4.78 is 2.39. The van der Waals surface area contributed by atoms with Crippen LogP contribution in [0, 0.1) is 0 Å². The molecular weight excluding hydrogens is 448 g/mol. The predicted octanol–water partition coefficient (Wildman–Crippen LogP) is 9.14. The quantitative estimate of drug-likeness (QED) is 0.235. The summed E-state index contributed by atoms with van der Waals surface area (Å²) in [7, 11) is 0. The van der Waals surface area contributed by atoms with Crippen molar-refractivity contribution in [3.8, 4) is 61.6 Å². The summed E-state index contributed by atoms with van der Waals surface area (Å²) in [6, 6.07) is 44.0. The van der Waals surface area contributed by atoms with Gasteiger partial charge >= 0.3 is 0 Å². The molecule has 37 heavy (non-hydrogen) atoms. The van der Waals surface area contributed by atoms with E-state index >= 15 is 0 Å². The number of fused-ring (bicyclic) bond motifs is 8. The van der Waals surface area contributed by atoms with Gasteiger partial charge in [-0.1, -0.05) is 103 Å². The third-order valence-corrected chi connectivity index (χ3v) is 8.12. The molecule has 0 N–H and O–H groups in total. The second-order valence-corrected chi connectivity index (χ2v) is 9.94. The number of benzene rings is 6. The van der Waals surface area contributed by atoms with Crippen molar-refractivity contribution in [2.45, 2.75) is 0 Å². The van der Waals surface area contributed by atoms with Crippen LogP contribution in [0.25, 0.3) is 83.4 Å². The third kappa shape index (κ3) is 2.37. The normalized spacial score (nSPS) is 12.3. The summed E-state index contributed by atoms with van der Waals surface area (Å²) in [4.78, 5) is 5.31. The maximum atomic E-state index is 5.31. The van der Waals surface area contributed by atoms with E-state index in [2.05, 4.69) is 126 Å². The van der Waals surface area contributed by atoms with Gasteiger partial charge in [0, 0.05) is 16.7 Å². The SMILES string of the molecule is c1ccc2c(c1)-c1ccccc1-n1c(-c3ccc4c5c(cccc35)-c3ccccc3-4)nc3cccc-2c31. The molecule has 0 saturated carbocycles. The molecule has 2 aliphatic rings. The molecule has 2 heteroatoms. The largest absolute Gasteiger partial charge is 0.291 e. The summed E-state index contributed by atoms with van der Waals surface area (Å²) in [6.45, 7) is 0. The Morgan fingerprint density at radius 1 is 0.405 bits per heavy atom. The molecule has 0 unspecified atom stereocenters. The second kappa shape index (κ2) is 6.83. The van der Waals surface area contributed by atoms with Crippen LogP contribution in [0.5, 0.6) is 0 Å². The van der Waals surface area contributed by atoms with E-state index in [1.807, 2.05) is 0 Å². The standard InChI is InChI=1S/C35H20N2/c1-4-12-24-21(9-1)25-13-5-6-18-32(25)37-34-29(24)16-8-17-31(34)36-35(37)30-20-19-28-23-11-3-2-10-22(23)26-14-7-15-27(30)33(26)28/h1-20H. The molecule has 170 valence electrons. The molecule has 0 amide bonds. The fourth-order valence-electron chi connectivity index (χ4n) is 6.61. The van der Waals surface area contributed by atoms with Gasteiger partial charge in [-0.2, -0.15) is 0 Å². The van der Waals surface area contributed by atoms with Crippen molar-refractivity contribution in [1.29, 1.82) is 0 Å². The summed E-state index contributed by atoms with van der Waals surface area (Å²) in [5.74, 6) is 0.988. The monoisotopic (exact) mass is 468 g/mol. The van der Waals surface area contributed by atoms with Crippen molar-refractivity contribution in [3.05, 3.63) is 121 Å². The highest BCUT2D eigenvalue weighted by molar-refractivity contribution is 6.19. The molecule has 2 nitrogen and oxygen atoms in total. The highest BCUT2D eigenvalue weighted by Gasteiger charge is 2.27. The van der Waals surface area contributed by atoms with Crippen LogP contribution in [0.1, 0.15) is 0 Å². The maximum absolute atomic E-state index is 5.31. The lowest BCUT2D eigenvalue weighted by Crippen LogP contribution is -1.99. The minimum absolute atomic E-state index is 0.988. The molecule has 1 aromatic heterocycles. The molecule has 0 atom stereocenters. The third-order valence-electron chi connectivity index (χ3n) is 8.12. The zero-order chi connectivity index (χ0) is 24.1. The van der Waals surface area contributed by atoms with Gasteiger partial charge in [0.2, 0.25) is 0 Å². The first kappa shape index (κ1) is 19.3. The van der Waals surface area contributed by atoms with Crippen LogP contribution >= 0.6 is 0 Å². The zero-order valence-corrected chi connectivity index (χ0v) is 19.9. The van der Waals surface area contributed by atoms with E-state index < -0.39 is 0 Å². The molecule has 9 rings (SSSR count). The molecule has 7 aromatic rings. The van der Waals surface area contributed by atoms with Crippen LogP contribution in [-0.2, 0) is 0 Å². The molecule has 1 aliphatic heterocycles. The Morgan fingerprint density at radius 2 is 0.946 bits per heavy atom. The smallest absolute Gasteiger partial charge is 0.146 e. The van der Waals surface area contributed by atoms with Gasteiger partial charge in [-0.15, -0.1) is 0 Å². The molecule has 0 saturated heterocycles. The maximum Gasteiger partial charge on any atom is 0.146 e. The van der Waals surface area contributed by atoms with E-state index in [4.69, 9.17) is 4.98 Å². The van der Waals surface area contributed by atoms with E-state index in [1.165, 1.54) is 66.5 Å². The number of aromatic nitrogens is 2. The van der Waals surface area contributed by atoms with Crippen molar-refractivity contribution in [2.24, 2.45) is 0 Å². The Labute approximate surface area is 214 Å². The molecule has 0 fully saturated rings. The van der Waals surface area contributed by atoms with Crippen molar-refractivity contribution in [3.63, 3.8) is 0 Å². The molecular formula is C35H20N2. The van der Waals surface area contributed by atoms with Crippen LogP contribution < -0.4 is 0 Å². The van der Waals surface area contributed by atoms with E-state index in [9.17, 15) is 0 Å². The van der Waals surface area contributed by atoms with Gasteiger partial charge in [0.05, 0.1) is 16.7 Å². The Balaban J connectivity index is 1.44. The predicted molar refractivity (Wildman–Crippen MR) is 153 cm³/mol. The topological polar surface area (TPSA) is 17.8 Å². The van der Waals surface area contributed by atoms with Crippen molar-refractivity contribution in [2.75, 3.05) is 0 Å². The lowest BCUT2D eigenvalue weighted by molar-refractivity contribution is 1.11. The number of hydrogen-bond donors (Lipinski definition) is 0. The summed E-state index contributed by atoms with van der Waals surface area (Å²) in [6.07, 6.45) is 0. The minimum atomic E-state index is 0.988. The number of hydrogen-bond acceptors (Lipinski definition) is 1. The van der Waals surface area contributed by atoms with E-state index in [-0.39, 0.29) is 0 Å². The average Bonchev–Trinajstić information content (AvgIpc) is 3.47. The van der Waals surface area contributed by atoms with E-state index in [0.29, 0.717) is 0 Å². The van der Waals surface area contributed by atoms with Crippen molar-refractivity contribution < 1.29 is 0 Å². The van der Waals surface area contributed by atoms with Crippen molar-refractivity contribution in [1.82, 2.24) is 9.55 Å². The van der Waals surface area contributed by atoms with Crippen LogP contribution in [0.3, 0.4) is 0 Å². The van der Waals surface area contributed by atoms with Gasteiger partial charge in [-0.05, 0) is 62.4 Å². The second-order valence-electron chi connectivity index (χ2n) is 9.94. The molecule has 0 radical (unpaired) electrons. The van der Waals surface area contributed by atoms with Crippen LogP contribution in [0.2, 0.25) is 0 Å². The van der Waals surface area contributed by atoms with Gasteiger partial charge in [0.25, 0.3) is 0 Å². The molecule has 1 aliphatic carbocycles. The van der Waals surface area contributed by atoms with Gasteiger partial charge < -0.3 is 0 Å². The average molecular weight is 469 g/mol. The van der Waals surface area contributed by atoms with Gasteiger partial charge in [-0.25, -0.2) is 4.98 Å². The Bertz CT molecular complexity index is 2060. The van der Waals surface area contributed by atoms with Gasteiger partial charge in [0.1, 0.15) is 5.82 Å². The zero-order valence-electron chi connectivity index (χ0n) is 19.9. The van der Waals surface area contributed by atoms with Crippen LogP contribution in [0.15, 0.2) is 121 Å². The number of imidazole rings is 1. The Morgan fingerprint density at radius 3 is 1.73 bits per heavy atom. The first-order chi connectivity index (χ1) is 18.4. The summed E-state index contributed by atoms with van der Waals surface area (Å²) in [5.41, 5.74) is 14.7. The highest BCUT2D eigenvalue weighted by Crippen LogP contribution is 2.50. The minimum Gasteiger partial charge on any atom is -0.291 e. The number of para-hydroxylation sites is 2.